The highest BCUT2D eigenvalue weighted by Gasteiger charge is 2.67. The summed E-state index contributed by atoms with van der Waals surface area (Å²) < 4.78 is 71.7. The first-order valence-corrected chi connectivity index (χ1v) is 9.30. The van der Waals surface area contributed by atoms with Crippen molar-refractivity contribution in [2.75, 3.05) is 7.11 Å². The molecule has 1 aliphatic rings. The largest absolute Gasteiger partial charge is 0.490 e. The van der Waals surface area contributed by atoms with Crippen molar-refractivity contribution >= 4 is 5.97 Å². The van der Waals surface area contributed by atoms with Crippen LogP contribution in [0.1, 0.15) is 31.9 Å². The number of hydrogen-bond acceptors (Lipinski definition) is 5. The van der Waals surface area contributed by atoms with Crippen LogP contribution in [0.2, 0.25) is 0 Å². The van der Waals surface area contributed by atoms with Crippen LogP contribution >= 0.6 is 0 Å². The van der Waals surface area contributed by atoms with Crippen molar-refractivity contribution in [1.29, 1.82) is 5.26 Å². The number of esters is 1. The predicted molar refractivity (Wildman–Crippen MR) is 102 cm³/mol. The minimum atomic E-state index is -1.66. The molecule has 0 amide bonds. The third-order valence-corrected chi connectivity index (χ3v) is 5.40. The third kappa shape index (κ3) is 4.59. The van der Waals surface area contributed by atoms with Gasteiger partial charge in [0.1, 0.15) is 12.7 Å². The minimum Gasteiger partial charge on any atom is -0.490 e. The Balaban J connectivity index is 2.22. The van der Waals surface area contributed by atoms with Crippen molar-refractivity contribution in [2.45, 2.75) is 40.1 Å². The summed E-state index contributed by atoms with van der Waals surface area (Å²) >= 11 is 0. The van der Waals surface area contributed by atoms with Gasteiger partial charge in [0.05, 0.1) is 41.1 Å². The Morgan fingerprint density at radius 1 is 1.10 bits per heavy atom. The first kappa shape index (κ1) is 24.4. The predicted octanol–water partition coefficient (Wildman–Crippen LogP) is 4.70. The Morgan fingerprint density at radius 3 is 2.00 bits per heavy atom. The zero-order valence-corrected chi connectivity index (χ0v) is 17.7. The molecule has 0 bridgehead atoms. The van der Waals surface area contributed by atoms with Gasteiger partial charge >= 0.3 is 5.97 Å². The molecule has 0 radical (unpaired) electrons. The van der Waals surface area contributed by atoms with Crippen LogP contribution in [0.15, 0.2) is 24.5 Å². The van der Waals surface area contributed by atoms with Crippen LogP contribution in [0.25, 0.3) is 0 Å². The summed E-state index contributed by atoms with van der Waals surface area (Å²) in [5.74, 6) is -8.41. The van der Waals surface area contributed by atoms with E-state index in [0.717, 1.165) is 7.11 Å². The second-order valence-corrected chi connectivity index (χ2v) is 7.96. The first-order valence-electron chi connectivity index (χ1n) is 9.30. The fourth-order valence-electron chi connectivity index (χ4n) is 3.69. The number of nitrogens with zero attached hydrogens (tertiary/aromatic N) is 1. The van der Waals surface area contributed by atoms with E-state index in [1.165, 1.54) is 0 Å². The number of halogens is 4. The number of nitriles is 1. The number of methoxy groups -OCH3 is 1. The Bertz CT molecular complexity index is 938. The van der Waals surface area contributed by atoms with Crippen molar-refractivity contribution in [2.24, 2.45) is 17.3 Å². The second kappa shape index (κ2) is 9.10. The van der Waals surface area contributed by atoms with Gasteiger partial charge in [0, 0.05) is 13.0 Å². The average Bonchev–Trinajstić information content (AvgIpc) is 3.28. The van der Waals surface area contributed by atoms with Crippen LogP contribution in [0.4, 0.5) is 17.6 Å². The van der Waals surface area contributed by atoms with Crippen molar-refractivity contribution in [3.8, 4) is 6.07 Å². The number of benzene rings is 1. The molecule has 0 saturated heterocycles. The molecule has 31 heavy (non-hydrogen) atoms. The quantitative estimate of drug-likeness (QED) is 0.183. The summed E-state index contributed by atoms with van der Waals surface area (Å²) in [6, 6.07) is 1.88. The summed E-state index contributed by atoms with van der Waals surface area (Å²) in [6.45, 7) is 10.6. The molecule has 168 valence electrons. The zero-order valence-electron chi connectivity index (χ0n) is 17.7. The van der Waals surface area contributed by atoms with E-state index in [1.54, 1.807) is 20.8 Å². The van der Waals surface area contributed by atoms with E-state index in [9.17, 15) is 27.6 Å². The smallest absolute Gasteiger partial charge is 0.310 e. The van der Waals surface area contributed by atoms with E-state index in [4.69, 9.17) is 9.47 Å². The maximum absolute atomic E-state index is 14.2. The highest BCUT2D eigenvalue weighted by molar-refractivity contribution is 5.78. The highest BCUT2D eigenvalue weighted by atomic mass is 19.2. The number of ether oxygens (including phenoxy) is 3. The van der Waals surface area contributed by atoms with Gasteiger partial charge in [-0.25, -0.2) is 17.6 Å². The van der Waals surface area contributed by atoms with Crippen LogP contribution in [0, 0.1) is 51.9 Å². The molecule has 1 saturated carbocycles. The molecule has 0 heterocycles. The molecule has 0 aliphatic heterocycles. The molecule has 1 aromatic rings. The molecule has 1 unspecified atom stereocenters. The van der Waals surface area contributed by atoms with Crippen LogP contribution in [-0.4, -0.2) is 19.2 Å². The summed E-state index contributed by atoms with van der Waals surface area (Å²) in [5.41, 5.74) is -2.56. The standard InChI is InChI=1S/C22H23F4NO4/c1-10(2)31-20(11(3)7-27)14-15(22(14,4)5)21(28)30-9-13-18(25)16(23)12(8-29-6)17(24)19(13)26/h14-15,20H,1,3,8-9H2,2,4-6H3/t14-,15+,20?/m1/s1. The molecule has 1 aromatic carbocycles. The number of allylic oxidation sites excluding steroid dienone is 1. The van der Waals surface area contributed by atoms with Crippen LogP contribution < -0.4 is 0 Å². The lowest BCUT2D eigenvalue weighted by atomic mass is 10.0. The van der Waals surface area contributed by atoms with Crippen molar-refractivity contribution < 1.29 is 36.6 Å². The van der Waals surface area contributed by atoms with E-state index in [1.807, 2.05) is 6.07 Å². The SMILES string of the molecule is C=C(C)OC(C(=C)C#N)[C@H]1[C@@H](C(=O)OCc2c(F)c(F)c(COC)c(F)c2F)C1(C)C. The lowest BCUT2D eigenvalue weighted by molar-refractivity contribution is -0.148. The summed E-state index contributed by atoms with van der Waals surface area (Å²) in [5, 5.41) is 9.18. The molecular weight excluding hydrogens is 418 g/mol. The molecule has 0 N–H and O–H groups in total. The fourth-order valence-corrected chi connectivity index (χ4v) is 3.69. The van der Waals surface area contributed by atoms with Gasteiger partial charge in [-0.05, 0) is 12.3 Å². The van der Waals surface area contributed by atoms with E-state index < -0.39 is 76.9 Å². The van der Waals surface area contributed by atoms with Crippen molar-refractivity contribution in [3.05, 3.63) is 58.9 Å². The monoisotopic (exact) mass is 441 g/mol. The molecule has 3 atom stereocenters. The first-order chi connectivity index (χ1) is 14.4. The fraction of sp³-hybridized carbons (Fsp3) is 0.455. The molecule has 0 aromatic heterocycles. The third-order valence-electron chi connectivity index (χ3n) is 5.40. The lowest BCUT2D eigenvalue weighted by Crippen LogP contribution is -2.21. The average molecular weight is 441 g/mol. The van der Waals surface area contributed by atoms with Gasteiger partial charge in [-0.15, -0.1) is 0 Å². The normalized spacial score (nSPS) is 19.8. The number of hydrogen-bond donors (Lipinski definition) is 0. The van der Waals surface area contributed by atoms with Gasteiger partial charge in [0.15, 0.2) is 23.3 Å². The molecule has 2 rings (SSSR count). The minimum absolute atomic E-state index is 0.0753. The van der Waals surface area contributed by atoms with E-state index in [-0.39, 0.29) is 5.57 Å². The summed E-state index contributed by atoms with van der Waals surface area (Å²) in [7, 11) is 1.12. The molecular formula is C22H23F4NO4. The van der Waals surface area contributed by atoms with Crippen molar-refractivity contribution in [3.63, 3.8) is 0 Å². The van der Waals surface area contributed by atoms with Crippen LogP contribution in [-0.2, 0) is 32.2 Å². The summed E-state index contributed by atoms with van der Waals surface area (Å²) in [4.78, 5) is 12.6. The van der Waals surface area contributed by atoms with Crippen LogP contribution in [0.5, 0.6) is 0 Å². The molecule has 5 nitrogen and oxygen atoms in total. The van der Waals surface area contributed by atoms with Gasteiger partial charge in [0.25, 0.3) is 0 Å². The Labute approximate surface area is 177 Å². The maximum atomic E-state index is 14.2. The Hall–Kier alpha value is -2.86. The van der Waals surface area contributed by atoms with Gasteiger partial charge in [-0.2, -0.15) is 5.26 Å². The van der Waals surface area contributed by atoms with E-state index in [0.29, 0.717) is 5.76 Å². The van der Waals surface area contributed by atoms with Gasteiger partial charge in [-0.1, -0.05) is 27.0 Å². The lowest BCUT2D eigenvalue weighted by Gasteiger charge is -2.19. The Kier molecular flexibility index (Phi) is 7.17. The van der Waals surface area contributed by atoms with Crippen LogP contribution in [0.3, 0.4) is 0 Å². The number of carbonyl (C=O) groups is 1. The number of rotatable bonds is 9. The zero-order chi connectivity index (χ0) is 23.7. The summed E-state index contributed by atoms with van der Waals surface area (Å²) in [6.07, 6.45) is -0.841. The Morgan fingerprint density at radius 2 is 1.58 bits per heavy atom. The second-order valence-electron chi connectivity index (χ2n) is 7.96. The van der Waals surface area contributed by atoms with Gasteiger partial charge in [0.2, 0.25) is 0 Å². The molecule has 0 spiro atoms. The van der Waals surface area contributed by atoms with Gasteiger partial charge in [-0.3, -0.25) is 4.79 Å². The van der Waals surface area contributed by atoms with E-state index in [2.05, 4.69) is 17.9 Å². The van der Waals surface area contributed by atoms with Crippen molar-refractivity contribution in [1.82, 2.24) is 0 Å². The van der Waals surface area contributed by atoms with E-state index >= 15 is 0 Å². The van der Waals surface area contributed by atoms with Gasteiger partial charge < -0.3 is 14.2 Å². The highest BCUT2D eigenvalue weighted by Crippen LogP contribution is 2.62. The molecule has 9 heteroatoms. The topological polar surface area (TPSA) is 68.5 Å². The maximum Gasteiger partial charge on any atom is 0.310 e. The number of carbonyl (C=O) groups excluding carboxylic acids is 1. The molecule has 1 fully saturated rings. The molecule has 1 aliphatic carbocycles.